The summed E-state index contributed by atoms with van der Waals surface area (Å²) in [6.07, 6.45) is 3.69. The van der Waals surface area contributed by atoms with Gasteiger partial charge in [-0.25, -0.2) is 0 Å². The predicted octanol–water partition coefficient (Wildman–Crippen LogP) is 8.09. The molecule has 0 bridgehead atoms. The molecule has 49 heavy (non-hydrogen) atoms. The van der Waals surface area contributed by atoms with Gasteiger partial charge in [0, 0.05) is 0 Å². The van der Waals surface area contributed by atoms with E-state index in [2.05, 4.69) is 171 Å². The summed E-state index contributed by atoms with van der Waals surface area (Å²) in [6.45, 7) is 20.4. The second kappa shape index (κ2) is 20.6. The molecule has 0 N–H and O–H groups in total. The summed E-state index contributed by atoms with van der Waals surface area (Å²) in [6, 6.07) is 40.7. The second-order valence-corrected chi connectivity index (χ2v) is 23.2. The van der Waals surface area contributed by atoms with Gasteiger partial charge in [0.2, 0.25) is 0 Å². The van der Waals surface area contributed by atoms with Gasteiger partial charge in [0.25, 0.3) is 0 Å². The van der Waals surface area contributed by atoms with Crippen LogP contribution < -0.4 is 24.8 Å². The molecule has 2 atom stereocenters. The number of hydrogen-bond acceptors (Lipinski definition) is 0. The molecule has 0 saturated carbocycles. The maximum Gasteiger partial charge on any atom is -1.00 e. The van der Waals surface area contributed by atoms with Crippen molar-refractivity contribution in [2.75, 3.05) is 0 Å². The van der Waals surface area contributed by atoms with Gasteiger partial charge in [-0.3, -0.25) is 0 Å². The Bertz CT molecular complexity index is 1870. The molecule has 6 aromatic carbocycles. The number of halogens is 2. The molecule has 6 aromatic rings. The Balaban J connectivity index is 0.000000298. The van der Waals surface area contributed by atoms with Crippen LogP contribution in [-0.2, 0) is 23.3 Å². The summed E-state index contributed by atoms with van der Waals surface area (Å²) < 4.78 is 0. The van der Waals surface area contributed by atoms with E-state index in [-0.39, 0.29) is 30.2 Å². The van der Waals surface area contributed by atoms with Crippen molar-refractivity contribution in [1.29, 1.82) is 0 Å². The van der Waals surface area contributed by atoms with Gasteiger partial charge in [-0.1, -0.05) is 127 Å². The predicted molar refractivity (Wildman–Crippen MR) is 208 cm³/mol. The Morgan fingerprint density at radius 3 is 1.57 bits per heavy atom. The zero-order chi connectivity index (χ0) is 34.1. The summed E-state index contributed by atoms with van der Waals surface area (Å²) in [4.78, 5) is 0. The minimum Gasteiger partial charge on any atom is -1.00 e. The van der Waals surface area contributed by atoms with E-state index in [1.165, 1.54) is 85.3 Å². The van der Waals surface area contributed by atoms with Gasteiger partial charge in [0.1, 0.15) is 0 Å². The normalized spacial score (nSPS) is 11.8. The maximum atomic E-state index is 2.40. The first-order valence-electron chi connectivity index (χ1n) is 17.6. The Morgan fingerprint density at radius 1 is 0.633 bits per heavy atom. The molecule has 258 valence electrons. The van der Waals surface area contributed by atoms with Crippen LogP contribution in [-0.4, -0.2) is 5.43 Å². The van der Waals surface area contributed by atoms with Crippen LogP contribution in [0.15, 0.2) is 109 Å². The van der Waals surface area contributed by atoms with E-state index in [1.54, 1.807) is 23.3 Å². The van der Waals surface area contributed by atoms with Gasteiger partial charge in [0.05, 0.1) is 0 Å². The topological polar surface area (TPSA) is 0 Å². The van der Waals surface area contributed by atoms with E-state index in [0.29, 0.717) is 17.8 Å². The third-order valence-corrected chi connectivity index (χ3v) is 9.25. The Morgan fingerprint density at radius 2 is 1.10 bits per heavy atom. The molecule has 2 unspecified atom stereocenters. The van der Waals surface area contributed by atoms with Crippen LogP contribution in [0.2, 0.25) is 13.1 Å². The third kappa shape index (κ3) is 11.7. The van der Waals surface area contributed by atoms with Crippen LogP contribution in [0.3, 0.4) is 0 Å². The molecule has 0 aliphatic heterocycles. The standard InChI is InChI=1S/C23H27.C20H21.C2H6Si.2ClH.Zr/c1-5-7-17(4)21-14-20-8-6-9-22(23(20)15-21)19-12-10-18(11-13-19)16(2)3;1-4-15(3)16-8-10-17(11-9-16)19-7-5-6-18-12-14(2)13-20(18)19;1-3-2;;;/h6,8-17H,5,7H2,1-4H3;5-13,15H,4H2,1-3H3;1-2H3;2*1H;/q2*-1;;;;+2/p-2. The van der Waals surface area contributed by atoms with Crippen molar-refractivity contribution in [2.45, 2.75) is 98.6 Å². The molecular weight excluding hydrogens is 731 g/mol. The van der Waals surface area contributed by atoms with E-state index in [4.69, 9.17) is 0 Å². The van der Waals surface area contributed by atoms with Crippen molar-refractivity contribution in [1.82, 2.24) is 0 Å². The summed E-state index contributed by atoms with van der Waals surface area (Å²) in [5.74, 6) is 1.87. The van der Waals surface area contributed by atoms with Gasteiger partial charge < -0.3 is 24.8 Å². The number of aryl methyl sites for hydroxylation is 1. The number of benzene rings is 4. The zero-order valence-electron chi connectivity index (χ0n) is 31.0. The monoisotopic (exact) mass is 782 g/mol. The average Bonchev–Trinajstić information content (AvgIpc) is 3.68. The molecule has 0 aliphatic carbocycles. The number of rotatable bonds is 8. The van der Waals surface area contributed by atoms with Crippen LogP contribution in [0, 0.1) is 6.92 Å². The Hall–Kier alpha value is -2.22. The summed E-state index contributed by atoms with van der Waals surface area (Å²) in [5.41, 5.74) is 11.2. The zero-order valence-corrected chi connectivity index (χ0v) is 36.0. The molecule has 0 saturated heterocycles. The van der Waals surface area contributed by atoms with Gasteiger partial charge in [0.15, 0.2) is 0 Å². The van der Waals surface area contributed by atoms with Crippen LogP contribution in [0.25, 0.3) is 43.8 Å². The van der Waals surface area contributed by atoms with Gasteiger partial charge in [-0.15, -0.1) is 69.1 Å². The van der Waals surface area contributed by atoms with Crippen molar-refractivity contribution in [2.24, 2.45) is 0 Å². The van der Waals surface area contributed by atoms with Crippen molar-refractivity contribution in [3.63, 3.8) is 0 Å². The molecule has 0 heterocycles. The smallest absolute Gasteiger partial charge is 1.00 e. The van der Waals surface area contributed by atoms with Gasteiger partial charge >= 0.3 is 41.9 Å². The molecule has 0 spiro atoms. The average molecular weight is 785 g/mol. The van der Waals surface area contributed by atoms with Crippen molar-refractivity contribution in [3.8, 4) is 22.3 Å². The molecule has 6 rings (SSSR count). The van der Waals surface area contributed by atoms with E-state index >= 15 is 0 Å². The number of hydrogen-bond donors (Lipinski definition) is 0. The van der Waals surface area contributed by atoms with E-state index in [0.717, 1.165) is 0 Å². The fraction of sp³-hybridized carbons (Fsp3) is 0.333. The van der Waals surface area contributed by atoms with Crippen LogP contribution in [0.1, 0.15) is 101 Å². The fourth-order valence-corrected chi connectivity index (χ4v) is 6.30. The van der Waals surface area contributed by atoms with Crippen LogP contribution in [0.4, 0.5) is 0 Å². The number of fused-ring (bicyclic) bond motifs is 2. The minimum atomic E-state index is 0. The first kappa shape index (κ1) is 42.9. The van der Waals surface area contributed by atoms with Crippen molar-refractivity contribution < 1.29 is 48.1 Å². The minimum absolute atomic E-state index is 0. The summed E-state index contributed by atoms with van der Waals surface area (Å²) in [5, 5.41) is 5.46. The molecular formula is C45H54Cl2SiZr-2. The first-order valence-corrected chi connectivity index (χ1v) is 23.8. The van der Waals surface area contributed by atoms with Gasteiger partial charge in [-0.2, -0.15) is 12.1 Å². The molecule has 0 aliphatic rings. The molecule has 0 amide bonds. The second-order valence-electron chi connectivity index (χ2n) is 13.8. The molecule has 0 fully saturated rings. The summed E-state index contributed by atoms with van der Waals surface area (Å²) >= 11 is 1.74. The van der Waals surface area contributed by atoms with Gasteiger partial charge in [-0.05, 0) is 52.8 Å². The van der Waals surface area contributed by atoms with E-state index in [9.17, 15) is 0 Å². The van der Waals surface area contributed by atoms with Crippen LogP contribution in [0.5, 0.6) is 0 Å². The third-order valence-electron chi connectivity index (χ3n) is 9.25. The van der Waals surface area contributed by atoms with Crippen LogP contribution >= 0.6 is 0 Å². The molecule has 0 aromatic heterocycles. The maximum absolute atomic E-state index is 2.40. The molecule has 0 nitrogen and oxygen atoms in total. The molecule has 4 heteroatoms. The fourth-order valence-electron chi connectivity index (χ4n) is 6.30. The first-order chi connectivity index (χ1) is 22.5. The SMILES string of the molecule is CCC(C)c1ccc(-c2cccc3[cH-]c(C)cc23)cc1.CCCC(C)c1cc2c(-c3ccc(C(C)C)cc3)cccc2[cH-]1.C[Si](C)=[Zr+2].[Cl-].[Cl-]. The van der Waals surface area contributed by atoms with Crippen molar-refractivity contribution in [3.05, 3.63) is 131 Å². The van der Waals surface area contributed by atoms with E-state index in [1.807, 2.05) is 0 Å². The summed E-state index contributed by atoms with van der Waals surface area (Å²) in [7, 11) is 0. The quantitative estimate of drug-likeness (QED) is 0.108. The Labute approximate surface area is 325 Å². The largest absolute Gasteiger partial charge is 1.00 e. The Kier molecular flexibility index (Phi) is 18.0. The van der Waals surface area contributed by atoms with Crippen molar-refractivity contribution >= 4 is 27.0 Å². The molecule has 0 radical (unpaired) electrons. The van der Waals surface area contributed by atoms with E-state index < -0.39 is 0 Å².